The van der Waals surface area contributed by atoms with Gasteiger partial charge in [0.05, 0.1) is 6.04 Å². The van der Waals surface area contributed by atoms with Gasteiger partial charge >= 0.3 is 12.0 Å². The van der Waals surface area contributed by atoms with E-state index in [2.05, 4.69) is 10.6 Å². The molecule has 1 aliphatic heterocycles. The summed E-state index contributed by atoms with van der Waals surface area (Å²) in [6.07, 6.45) is 3.37. The summed E-state index contributed by atoms with van der Waals surface area (Å²) in [4.78, 5) is 37.1. The molecule has 1 heterocycles. The van der Waals surface area contributed by atoms with Crippen LogP contribution in [0.3, 0.4) is 0 Å². The number of urea groups is 1. The molecule has 1 saturated heterocycles. The van der Waals surface area contributed by atoms with Gasteiger partial charge in [-0.1, -0.05) is 30.3 Å². The monoisotopic (exact) mass is 359 g/mol. The van der Waals surface area contributed by atoms with E-state index in [4.69, 9.17) is 5.11 Å². The normalized spacial score (nSPS) is 20.7. The van der Waals surface area contributed by atoms with Gasteiger partial charge in [0.15, 0.2) is 0 Å². The summed E-state index contributed by atoms with van der Waals surface area (Å²) < 4.78 is 0. The van der Waals surface area contributed by atoms with Crippen LogP contribution in [0.5, 0.6) is 0 Å². The largest absolute Gasteiger partial charge is 0.481 e. The minimum atomic E-state index is -0.883. The van der Waals surface area contributed by atoms with Crippen molar-refractivity contribution in [1.29, 1.82) is 0 Å². The van der Waals surface area contributed by atoms with Crippen LogP contribution in [-0.2, 0) is 16.0 Å². The lowest BCUT2D eigenvalue weighted by Gasteiger charge is -2.21. The van der Waals surface area contributed by atoms with Crippen molar-refractivity contribution in [1.82, 2.24) is 15.5 Å². The maximum Gasteiger partial charge on any atom is 0.315 e. The Bertz CT molecular complexity index is 660. The Kier molecular flexibility index (Phi) is 5.75. The summed E-state index contributed by atoms with van der Waals surface area (Å²) in [7, 11) is 0. The molecule has 1 aromatic carbocycles. The highest BCUT2D eigenvalue weighted by atomic mass is 16.4. The second-order valence-electron chi connectivity index (χ2n) is 7.12. The van der Waals surface area contributed by atoms with Crippen molar-refractivity contribution in [3.8, 4) is 0 Å². The maximum absolute atomic E-state index is 12.3. The van der Waals surface area contributed by atoms with Crippen molar-refractivity contribution in [2.24, 2.45) is 0 Å². The first kappa shape index (κ1) is 18.2. The summed E-state index contributed by atoms with van der Waals surface area (Å²) in [6.45, 7) is 0.565. The molecule has 3 rings (SSSR count). The molecule has 7 nitrogen and oxygen atoms in total. The van der Waals surface area contributed by atoms with Crippen LogP contribution >= 0.6 is 0 Å². The third-order valence-electron chi connectivity index (χ3n) is 4.85. The summed E-state index contributed by atoms with van der Waals surface area (Å²) in [5.41, 5.74) is 1.04. The van der Waals surface area contributed by atoms with Gasteiger partial charge in [-0.2, -0.15) is 0 Å². The lowest BCUT2D eigenvalue weighted by Crippen LogP contribution is -2.48. The second-order valence-corrected chi connectivity index (χ2v) is 7.12. The van der Waals surface area contributed by atoms with Crippen molar-refractivity contribution in [3.63, 3.8) is 0 Å². The van der Waals surface area contributed by atoms with E-state index in [-0.39, 0.29) is 30.4 Å². The zero-order valence-electron chi connectivity index (χ0n) is 14.7. The Morgan fingerprint density at radius 2 is 1.96 bits per heavy atom. The number of nitrogens with zero attached hydrogens (tertiary/aromatic N) is 1. The fourth-order valence-corrected chi connectivity index (χ4v) is 3.40. The van der Waals surface area contributed by atoms with E-state index in [9.17, 15) is 14.4 Å². The molecular formula is C19H25N3O4. The number of carbonyl (C=O) groups excluding carboxylic acids is 2. The zero-order chi connectivity index (χ0) is 18.5. The minimum absolute atomic E-state index is 0.00481. The minimum Gasteiger partial charge on any atom is -0.481 e. The number of nitrogens with one attached hydrogen (secondary N) is 2. The number of rotatable bonds is 8. The van der Waals surface area contributed by atoms with E-state index in [1.165, 1.54) is 0 Å². The number of carboxylic acids is 1. The van der Waals surface area contributed by atoms with Crippen LogP contribution in [0.25, 0.3) is 0 Å². The average molecular weight is 359 g/mol. The van der Waals surface area contributed by atoms with Gasteiger partial charge in [-0.3, -0.25) is 9.59 Å². The molecule has 0 bridgehead atoms. The molecule has 26 heavy (non-hydrogen) atoms. The van der Waals surface area contributed by atoms with Crippen LogP contribution in [0.4, 0.5) is 4.79 Å². The first-order chi connectivity index (χ1) is 12.5. The van der Waals surface area contributed by atoms with Crippen molar-refractivity contribution in [2.45, 2.75) is 56.7 Å². The highest BCUT2D eigenvalue weighted by molar-refractivity contribution is 5.82. The van der Waals surface area contributed by atoms with Gasteiger partial charge in [0, 0.05) is 31.5 Å². The summed E-state index contributed by atoms with van der Waals surface area (Å²) in [5.74, 6) is -0.781. The van der Waals surface area contributed by atoms with E-state index < -0.39 is 5.97 Å². The highest BCUT2D eigenvalue weighted by Crippen LogP contribution is 2.30. The average Bonchev–Trinajstić information content (AvgIpc) is 3.37. The van der Waals surface area contributed by atoms with Crippen LogP contribution in [0.1, 0.15) is 37.7 Å². The van der Waals surface area contributed by atoms with E-state index in [0.717, 1.165) is 18.4 Å². The van der Waals surface area contributed by atoms with E-state index >= 15 is 0 Å². The van der Waals surface area contributed by atoms with Gasteiger partial charge in [-0.15, -0.1) is 0 Å². The molecule has 7 heteroatoms. The lowest BCUT2D eigenvalue weighted by atomic mass is 10.0. The number of amides is 3. The predicted molar refractivity (Wildman–Crippen MR) is 95.6 cm³/mol. The van der Waals surface area contributed by atoms with Crippen molar-refractivity contribution in [2.75, 3.05) is 6.54 Å². The molecule has 2 unspecified atom stereocenters. The second kappa shape index (κ2) is 8.21. The molecule has 3 N–H and O–H groups in total. The number of carboxylic acid groups (broad SMARTS) is 1. The molecule has 1 aliphatic carbocycles. The number of likely N-dealkylation sites (tertiary alicyclic amines) is 1. The number of benzene rings is 1. The fraction of sp³-hybridized carbons (Fsp3) is 0.526. The Labute approximate surface area is 152 Å². The lowest BCUT2D eigenvalue weighted by molar-refractivity contribution is -0.137. The van der Waals surface area contributed by atoms with Crippen LogP contribution in [0, 0.1) is 0 Å². The first-order valence-electron chi connectivity index (χ1n) is 9.13. The Balaban J connectivity index is 1.52. The molecular weight excluding hydrogens is 334 g/mol. The van der Waals surface area contributed by atoms with Gasteiger partial charge in [0.2, 0.25) is 5.91 Å². The van der Waals surface area contributed by atoms with Gasteiger partial charge in [-0.25, -0.2) is 4.79 Å². The molecule has 1 saturated carbocycles. The number of hydrogen-bond acceptors (Lipinski definition) is 3. The van der Waals surface area contributed by atoms with Gasteiger partial charge in [-0.05, 0) is 31.2 Å². The molecule has 3 amide bonds. The first-order valence-corrected chi connectivity index (χ1v) is 9.13. The zero-order valence-corrected chi connectivity index (χ0v) is 14.7. The Hall–Kier alpha value is -2.57. The molecule has 0 aromatic heterocycles. The van der Waals surface area contributed by atoms with Gasteiger partial charge < -0.3 is 20.6 Å². The Morgan fingerprint density at radius 3 is 2.62 bits per heavy atom. The van der Waals surface area contributed by atoms with Crippen molar-refractivity contribution < 1.29 is 19.5 Å². The van der Waals surface area contributed by atoms with Crippen molar-refractivity contribution in [3.05, 3.63) is 35.9 Å². The Morgan fingerprint density at radius 1 is 1.23 bits per heavy atom. The number of hydrogen-bond donors (Lipinski definition) is 3. The standard InChI is InChI=1S/C19H25N3O4/c23-17-11-15(12-22(17)16-7-8-16)21-19(26)20-14(6-9-18(24)25)10-13-4-2-1-3-5-13/h1-5,14-16H,6-12H2,(H,24,25)(H2,20,21,26). The summed E-state index contributed by atoms with van der Waals surface area (Å²) in [5, 5.41) is 14.7. The van der Waals surface area contributed by atoms with E-state index in [1.807, 2.05) is 35.2 Å². The van der Waals surface area contributed by atoms with Crippen molar-refractivity contribution >= 4 is 17.9 Å². The van der Waals surface area contributed by atoms with Gasteiger partial charge in [0.25, 0.3) is 0 Å². The number of carbonyl (C=O) groups is 3. The van der Waals surface area contributed by atoms with E-state index in [0.29, 0.717) is 31.8 Å². The van der Waals surface area contributed by atoms with Crippen LogP contribution in [0.2, 0.25) is 0 Å². The van der Waals surface area contributed by atoms with Gasteiger partial charge in [0.1, 0.15) is 0 Å². The molecule has 2 atom stereocenters. The molecule has 2 fully saturated rings. The molecule has 0 radical (unpaired) electrons. The van der Waals surface area contributed by atoms with Crippen LogP contribution in [-0.4, -0.2) is 52.6 Å². The van der Waals surface area contributed by atoms with Crippen LogP contribution in [0.15, 0.2) is 30.3 Å². The fourth-order valence-electron chi connectivity index (χ4n) is 3.40. The quantitative estimate of drug-likeness (QED) is 0.655. The SMILES string of the molecule is O=C(O)CCC(Cc1ccccc1)NC(=O)NC1CC(=O)N(C2CC2)C1. The third-order valence-corrected chi connectivity index (χ3v) is 4.85. The number of aliphatic carboxylic acids is 1. The summed E-state index contributed by atoms with van der Waals surface area (Å²) in [6, 6.07) is 9.22. The topological polar surface area (TPSA) is 98.7 Å². The predicted octanol–water partition coefficient (Wildman–Crippen LogP) is 1.52. The maximum atomic E-state index is 12.3. The molecule has 2 aliphatic rings. The molecule has 140 valence electrons. The summed E-state index contributed by atoms with van der Waals surface area (Å²) >= 11 is 0. The van der Waals surface area contributed by atoms with Crippen LogP contribution < -0.4 is 10.6 Å². The smallest absolute Gasteiger partial charge is 0.315 e. The van der Waals surface area contributed by atoms with E-state index in [1.54, 1.807) is 0 Å². The third kappa shape index (κ3) is 5.21. The molecule has 0 spiro atoms. The highest BCUT2D eigenvalue weighted by Gasteiger charge is 2.39. The molecule has 1 aromatic rings.